The van der Waals surface area contributed by atoms with E-state index in [0.29, 0.717) is 19.4 Å². The number of hydrogen-bond acceptors (Lipinski definition) is 5. The number of ether oxygens (including phenoxy) is 1. The lowest BCUT2D eigenvalue weighted by atomic mass is 10.0. The first-order valence-electron chi connectivity index (χ1n) is 29.3. The largest absolute Gasteiger partial charge is 0.466 e. The van der Waals surface area contributed by atoms with Crippen LogP contribution in [0.5, 0.6) is 0 Å². The average molecular weight is 929 g/mol. The third kappa shape index (κ3) is 51.5. The third-order valence-electron chi connectivity index (χ3n) is 13.4. The number of aliphatic hydroxyl groups excluding tert-OH is 2. The number of nitrogens with one attached hydrogen (secondary N) is 1. The molecule has 0 aromatic heterocycles. The molecule has 0 saturated carbocycles. The van der Waals surface area contributed by atoms with E-state index in [0.717, 1.165) is 64.2 Å². The van der Waals surface area contributed by atoms with Gasteiger partial charge in [-0.2, -0.15) is 0 Å². The molecular weight excluding hydrogens is 815 g/mol. The van der Waals surface area contributed by atoms with Crippen LogP contribution in [-0.2, 0) is 14.3 Å². The number of rotatable bonds is 54. The fraction of sp³-hybridized carbons (Fsp3) is 0.867. The first kappa shape index (κ1) is 64.1. The molecule has 0 rings (SSSR count). The van der Waals surface area contributed by atoms with Gasteiger partial charge in [0.2, 0.25) is 5.91 Å². The lowest BCUT2D eigenvalue weighted by Gasteiger charge is -2.20. The molecule has 2 unspecified atom stereocenters. The van der Waals surface area contributed by atoms with Crippen molar-refractivity contribution in [2.45, 2.75) is 321 Å². The maximum atomic E-state index is 12.5. The number of esters is 1. The molecule has 388 valence electrons. The molecule has 0 aliphatic rings. The van der Waals surface area contributed by atoms with Crippen LogP contribution < -0.4 is 5.32 Å². The first-order chi connectivity index (χ1) is 32.5. The molecule has 0 radical (unpaired) electrons. The van der Waals surface area contributed by atoms with E-state index < -0.39 is 12.1 Å². The monoisotopic (exact) mass is 928 g/mol. The number of aliphatic hydroxyl groups is 2. The van der Waals surface area contributed by atoms with Crippen molar-refractivity contribution in [1.82, 2.24) is 5.32 Å². The Morgan fingerprint density at radius 1 is 0.409 bits per heavy atom. The van der Waals surface area contributed by atoms with E-state index in [2.05, 4.69) is 43.5 Å². The highest BCUT2D eigenvalue weighted by Gasteiger charge is 2.18. The molecule has 1 amide bonds. The molecule has 0 fully saturated rings. The van der Waals surface area contributed by atoms with Crippen LogP contribution >= 0.6 is 0 Å². The number of hydrogen-bond donors (Lipinski definition) is 3. The summed E-state index contributed by atoms with van der Waals surface area (Å²) < 4.78 is 5.45. The van der Waals surface area contributed by atoms with Gasteiger partial charge in [-0.1, -0.05) is 256 Å². The average Bonchev–Trinajstić information content (AvgIpc) is 3.32. The zero-order valence-corrected chi connectivity index (χ0v) is 44.2. The fourth-order valence-electron chi connectivity index (χ4n) is 8.84. The van der Waals surface area contributed by atoms with Crippen LogP contribution in [0.4, 0.5) is 0 Å². The van der Waals surface area contributed by atoms with Crippen molar-refractivity contribution in [3.05, 3.63) is 36.5 Å². The van der Waals surface area contributed by atoms with Gasteiger partial charge in [-0.25, -0.2) is 0 Å². The van der Waals surface area contributed by atoms with Crippen molar-refractivity contribution in [1.29, 1.82) is 0 Å². The molecule has 6 nitrogen and oxygen atoms in total. The van der Waals surface area contributed by atoms with Crippen molar-refractivity contribution in [3.8, 4) is 0 Å². The smallest absolute Gasteiger partial charge is 0.305 e. The normalized spacial score (nSPS) is 12.8. The fourth-order valence-corrected chi connectivity index (χ4v) is 8.84. The minimum atomic E-state index is -0.854. The van der Waals surface area contributed by atoms with Crippen molar-refractivity contribution in [2.75, 3.05) is 13.2 Å². The van der Waals surface area contributed by atoms with E-state index in [4.69, 9.17) is 4.74 Å². The van der Waals surface area contributed by atoms with Gasteiger partial charge in [-0.05, 0) is 77.0 Å². The quantitative estimate of drug-likeness (QED) is 0.0321. The Morgan fingerprint density at radius 3 is 1.12 bits per heavy atom. The van der Waals surface area contributed by atoms with Gasteiger partial charge < -0.3 is 20.3 Å². The molecule has 0 aliphatic carbocycles. The molecule has 0 saturated heterocycles. The minimum Gasteiger partial charge on any atom is -0.466 e. The predicted octanol–water partition coefficient (Wildman–Crippen LogP) is 18.0. The first-order valence-corrected chi connectivity index (χ1v) is 29.3. The molecule has 2 atom stereocenters. The van der Waals surface area contributed by atoms with Crippen LogP contribution in [0.2, 0.25) is 0 Å². The summed E-state index contributed by atoms with van der Waals surface area (Å²) in [7, 11) is 0. The Kier molecular flexibility index (Phi) is 54.1. The molecule has 0 aromatic rings. The Bertz CT molecular complexity index is 1070. The predicted molar refractivity (Wildman–Crippen MR) is 287 cm³/mol. The Labute approximate surface area is 411 Å². The van der Waals surface area contributed by atoms with Crippen LogP contribution in [-0.4, -0.2) is 47.4 Å². The molecule has 0 spiro atoms. The second-order valence-electron chi connectivity index (χ2n) is 20.0. The van der Waals surface area contributed by atoms with Crippen LogP contribution in [0.3, 0.4) is 0 Å². The third-order valence-corrected chi connectivity index (χ3v) is 13.4. The summed E-state index contributed by atoms with van der Waals surface area (Å²) in [5, 5.41) is 23.2. The summed E-state index contributed by atoms with van der Waals surface area (Å²) in [6, 6.07) is -0.639. The maximum Gasteiger partial charge on any atom is 0.305 e. The van der Waals surface area contributed by atoms with Crippen molar-refractivity contribution >= 4 is 11.9 Å². The molecule has 66 heavy (non-hydrogen) atoms. The Hall–Kier alpha value is -1.92. The zero-order valence-electron chi connectivity index (χ0n) is 44.2. The van der Waals surface area contributed by atoms with Gasteiger partial charge >= 0.3 is 5.97 Å². The highest BCUT2D eigenvalue weighted by Crippen LogP contribution is 2.16. The number of allylic oxidation sites excluding steroid dienone is 5. The van der Waals surface area contributed by atoms with Crippen LogP contribution in [0, 0.1) is 0 Å². The minimum absolute atomic E-state index is 0.00909. The van der Waals surface area contributed by atoms with Gasteiger partial charge in [0.05, 0.1) is 25.4 Å². The maximum absolute atomic E-state index is 12.5. The number of carbonyl (C=O) groups is 2. The zero-order chi connectivity index (χ0) is 47.9. The second-order valence-corrected chi connectivity index (χ2v) is 20.0. The summed E-state index contributed by atoms with van der Waals surface area (Å²) in [6.07, 6.45) is 68.8. The molecule has 0 heterocycles. The number of amides is 1. The summed E-state index contributed by atoms with van der Waals surface area (Å²) in [4.78, 5) is 24.5. The van der Waals surface area contributed by atoms with Gasteiger partial charge in [-0.15, -0.1) is 0 Å². The van der Waals surface area contributed by atoms with E-state index >= 15 is 0 Å². The molecule has 0 aromatic carbocycles. The van der Waals surface area contributed by atoms with E-state index in [1.807, 2.05) is 6.08 Å². The van der Waals surface area contributed by atoms with Crippen molar-refractivity contribution < 1.29 is 24.5 Å². The summed E-state index contributed by atoms with van der Waals surface area (Å²) in [6.45, 7) is 4.86. The van der Waals surface area contributed by atoms with Crippen molar-refractivity contribution in [2.24, 2.45) is 0 Å². The lowest BCUT2D eigenvalue weighted by Crippen LogP contribution is -2.45. The molecule has 3 N–H and O–H groups in total. The number of unbranched alkanes of at least 4 members (excludes halogenated alkanes) is 39. The van der Waals surface area contributed by atoms with Gasteiger partial charge in [-0.3, -0.25) is 9.59 Å². The van der Waals surface area contributed by atoms with Gasteiger partial charge in [0.15, 0.2) is 0 Å². The Balaban J connectivity index is 3.50. The van der Waals surface area contributed by atoms with Gasteiger partial charge in [0.1, 0.15) is 0 Å². The second kappa shape index (κ2) is 55.7. The summed E-state index contributed by atoms with van der Waals surface area (Å²) in [5.74, 6) is -0.0899. The lowest BCUT2D eigenvalue weighted by molar-refractivity contribution is -0.143. The molecule has 0 bridgehead atoms. The summed E-state index contributed by atoms with van der Waals surface area (Å²) in [5.41, 5.74) is 0. The van der Waals surface area contributed by atoms with E-state index in [-0.39, 0.29) is 18.5 Å². The molecular formula is C60H113NO5. The molecule has 0 aliphatic heterocycles. The standard InChI is InChI=1S/C60H113NO5/c1-3-5-7-9-11-13-15-16-17-18-19-20-23-26-29-33-36-40-44-48-52-58(63)57(56-62)61-59(64)53-49-45-41-37-34-30-27-24-21-22-25-28-31-35-39-43-47-51-55-66-60(65)54-50-46-42-38-32-14-12-10-8-6-4-2/h10,12,24,27,48,52,57-58,62-63H,3-9,11,13-23,25-26,28-47,49-51,53-56H2,1-2H3,(H,61,64)/b12-10-,27-24-,52-48+. The number of carbonyl (C=O) groups excluding carboxylic acids is 2. The van der Waals surface area contributed by atoms with Crippen LogP contribution in [0.1, 0.15) is 309 Å². The SMILES string of the molecule is CCCC/C=C\CCCCCCCC(=O)OCCCCCCCCCCC/C=C\CCCCCCCC(=O)NC(CO)C(O)/C=C/CCCCCCCCCCCCCCCCCCCC. The Morgan fingerprint density at radius 2 is 0.727 bits per heavy atom. The highest BCUT2D eigenvalue weighted by molar-refractivity contribution is 5.76. The van der Waals surface area contributed by atoms with Crippen LogP contribution in [0.15, 0.2) is 36.5 Å². The molecule has 6 heteroatoms. The topological polar surface area (TPSA) is 95.9 Å². The van der Waals surface area contributed by atoms with Gasteiger partial charge in [0.25, 0.3) is 0 Å². The van der Waals surface area contributed by atoms with E-state index in [9.17, 15) is 19.8 Å². The van der Waals surface area contributed by atoms with Crippen molar-refractivity contribution in [3.63, 3.8) is 0 Å². The highest BCUT2D eigenvalue weighted by atomic mass is 16.5. The van der Waals surface area contributed by atoms with Gasteiger partial charge in [0, 0.05) is 12.8 Å². The van der Waals surface area contributed by atoms with E-state index in [1.54, 1.807) is 6.08 Å². The van der Waals surface area contributed by atoms with Crippen LogP contribution in [0.25, 0.3) is 0 Å². The summed E-state index contributed by atoms with van der Waals surface area (Å²) >= 11 is 0. The van der Waals surface area contributed by atoms with E-state index in [1.165, 1.54) is 218 Å².